The highest BCUT2D eigenvalue weighted by molar-refractivity contribution is 5.85. The van der Waals surface area contributed by atoms with E-state index in [0.29, 0.717) is 23.9 Å². The lowest BCUT2D eigenvalue weighted by molar-refractivity contribution is 0.199. The molecule has 0 aliphatic rings. The van der Waals surface area contributed by atoms with Crippen molar-refractivity contribution in [2.24, 2.45) is 0 Å². The van der Waals surface area contributed by atoms with Crippen molar-refractivity contribution in [2.45, 2.75) is 6.54 Å². The van der Waals surface area contributed by atoms with Crippen molar-refractivity contribution in [1.82, 2.24) is 5.32 Å². The molecule has 0 aromatic heterocycles. The second-order valence-corrected chi connectivity index (χ2v) is 3.70. The highest BCUT2D eigenvalue weighted by Gasteiger charge is 2.12. The van der Waals surface area contributed by atoms with Crippen LogP contribution in [0.15, 0.2) is 12.1 Å². The van der Waals surface area contributed by atoms with Gasteiger partial charge in [0, 0.05) is 20.2 Å². The summed E-state index contributed by atoms with van der Waals surface area (Å²) in [6, 6.07) is 3.86. The highest BCUT2D eigenvalue weighted by atomic mass is 35.5. The molecule has 0 aliphatic heterocycles. The first kappa shape index (κ1) is 17.8. The maximum Gasteiger partial charge on any atom is 0.203 e. The van der Waals surface area contributed by atoms with Crippen LogP contribution >= 0.6 is 12.4 Å². The number of ether oxygens (including phenoxy) is 4. The molecular weight excluding hydrogens is 270 g/mol. The molecule has 0 heterocycles. The summed E-state index contributed by atoms with van der Waals surface area (Å²) in [5, 5.41) is 3.27. The molecule has 110 valence electrons. The maximum atomic E-state index is 5.29. The van der Waals surface area contributed by atoms with Crippen LogP contribution in [0.4, 0.5) is 0 Å². The number of hydrogen-bond donors (Lipinski definition) is 1. The Balaban J connectivity index is 0.00000324. The standard InChI is InChI=1S/C13H21NO4.ClH/c1-15-6-5-14-9-10-7-11(16-2)13(18-4)12(8-10)17-3;/h7-8,14H,5-6,9H2,1-4H3;1H. The fourth-order valence-corrected chi connectivity index (χ4v) is 1.64. The first-order chi connectivity index (χ1) is 8.76. The van der Waals surface area contributed by atoms with E-state index in [9.17, 15) is 0 Å². The predicted molar refractivity (Wildman–Crippen MR) is 76.9 cm³/mol. The largest absolute Gasteiger partial charge is 0.493 e. The molecule has 0 amide bonds. The molecule has 1 aromatic carbocycles. The molecule has 19 heavy (non-hydrogen) atoms. The van der Waals surface area contributed by atoms with Crippen LogP contribution in [-0.2, 0) is 11.3 Å². The lowest BCUT2D eigenvalue weighted by atomic mass is 10.2. The number of methoxy groups -OCH3 is 4. The van der Waals surface area contributed by atoms with Crippen LogP contribution < -0.4 is 19.5 Å². The normalized spacial score (nSPS) is 9.68. The molecule has 0 saturated heterocycles. The molecule has 0 radical (unpaired) electrons. The first-order valence-corrected chi connectivity index (χ1v) is 5.75. The summed E-state index contributed by atoms with van der Waals surface area (Å²) in [6.07, 6.45) is 0. The Morgan fingerprint density at radius 1 is 0.947 bits per heavy atom. The molecule has 5 nitrogen and oxygen atoms in total. The molecule has 0 aliphatic carbocycles. The van der Waals surface area contributed by atoms with Crippen LogP contribution in [0.5, 0.6) is 17.2 Å². The molecule has 0 atom stereocenters. The molecule has 6 heteroatoms. The van der Waals surface area contributed by atoms with Crippen LogP contribution in [0.2, 0.25) is 0 Å². The zero-order valence-electron chi connectivity index (χ0n) is 11.8. The highest BCUT2D eigenvalue weighted by Crippen LogP contribution is 2.38. The van der Waals surface area contributed by atoms with Crippen LogP contribution in [-0.4, -0.2) is 41.6 Å². The van der Waals surface area contributed by atoms with Gasteiger partial charge in [-0.3, -0.25) is 0 Å². The molecule has 1 N–H and O–H groups in total. The Hall–Kier alpha value is -1.17. The van der Waals surface area contributed by atoms with Gasteiger partial charge in [0.15, 0.2) is 11.5 Å². The van der Waals surface area contributed by atoms with Crippen LogP contribution in [0.3, 0.4) is 0 Å². The van der Waals surface area contributed by atoms with Gasteiger partial charge in [-0.2, -0.15) is 0 Å². The summed E-state index contributed by atoms with van der Waals surface area (Å²) in [7, 11) is 6.50. The zero-order valence-corrected chi connectivity index (χ0v) is 12.6. The molecule has 0 bridgehead atoms. The summed E-state index contributed by atoms with van der Waals surface area (Å²) in [4.78, 5) is 0. The van der Waals surface area contributed by atoms with Gasteiger partial charge in [0.05, 0.1) is 27.9 Å². The summed E-state index contributed by atoms with van der Waals surface area (Å²) in [6.45, 7) is 2.21. The predicted octanol–water partition coefficient (Wildman–Crippen LogP) is 1.87. The summed E-state index contributed by atoms with van der Waals surface area (Å²) >= 11 is 0. The molecule has 1 aromatic rings. The smallest absolute Gasteiger partial charge is 0.203 e. The number of halogens is 1. The third-order valence-electron chi connectivity index (χ3n) is 2.54. The second kappa shape index (κ2) is 9.72. The van der Waals surface area contributed by atoms with Gasteiger partial charge in [0.2, 0.25) is 5.75 Å². The Kier molecular flexibility index (Phi) is 9.12. The van der Waals surface area contributed by atoms with Gasteiger partial charge in [-0.15, -0.1) is 12.4 Å². The van der Waals surface area contributed by atoms with Crippen molar-refractivity contribution in [1.29, 1.82) is 0 Å². The first-order valence-electron chi connectivity index (χ1n) is 5.75. The van der Waals surface area contributed by atoms with Crippen molar-refractivity contribution < 1.29 is 18.9 Å². The quantitative estimate of drug-likeness (QED) is 0.741. The Labute approximate surface area is 120 Å². The monoisotopic (exact) mass is 291 g/mol. The third kappa shape index (κ3) is 5.14. The van der Waals surface area contributed by atoms with Crippen molar-refractivity contribution in [3.63, 3.8) is 0 Å². The molecule has 0 unspecified atom stereocenters. The number of benzene rings is 1. The molecule has 1 rings (SSSR count). The van der Waals surface area contributed by atoms with Crippen molar-refractivity contribution in [3.05, 3.63) is 17.7 Å². The fraction of sp³-hybridized carbons (Fsp3) is 0.538. The maximum absolute atomic E-state index is 5.29. The van der Waals surface area contributed by atoms with E-state index in [1.54, 1.807) is 28.4 Å². The van der Waals surface area contributed by atoms with Crippen molar-refractivity contribution in [3.8, 4) is 17.2 Å². The van der Waals surface area contributed by atoms with Gasteiger partial charge >= 0.3 is 0 Å². The van der Waals surface area contributed by atoms with Crippen LogP contribution in [0.1, 0.15) is 5.56 Å². The molecule has 0 fully saturated rings. The number of hydrogen-bond acceptors (Lipinski definition) is 5. The van der Waals surface area contributed by atoms with Crippen LogP contribution in [0, 0.1) is 0 Å². The minimum Gasteiger partial charge on any atom is -0.493 e. The van der Waals surface area contributed by atoms with Gasteiger partial charge in [-0.1, -0.05) is 0 Å². The van der Waals surface area contributed by atoms with E-state index in [4.69, 9.17) is 18.9 Å². The molecule has 0 spiro atoms. The lowest BCUT2D eigenvalue weighted by Crippen LogP contribution is -2.18. The third-order valence-corrected chi connectivity index (χ3v) is 2.54. The minimum absolute atomic E-state index is 0. The van der Waals surface area contributed by atoms with Gasteiger partial charge < -0.3 is 24.3 Å². The average molecular weight is 292 g/mol. The van der Waals surface area contributed by atoms with E-state index in [1.165, 1.54) is 0 Å². The zero-order chi connectivity index (χ0) is 13.4. The summed E-state index contributed by atoms with van der Waals surface area (Å²) in [5.41, 5.74) is 1.07. The van der Waals surface area contributed by atoms with Gasteiger partial charge in [0.1, 0.15) is 0 Å². The van der Waals surface area contributed by atoms with E-state index in [0.717, 1.165) is 18.7 Å². The lowest BCUT2D eigenvalue weighted by Gasteiger charge is -2.14. The minimum atomic E-state index is 0. The van der Waals surface area contributed by atoms with Crippen molar-refractivity contribution >= 4 is 12.4 Å². The topological polar surface area (TPSA) is 49.0 Å². The van der Waals surface area contributed by atoms with Crippen LogP contribution in [0.25, 0.3) is 0 Å². The average Bonchev–Trinajstić information content (AvgIpc) is 2.42. The van der Waals surface area contributed by atoms with E-state index in [-0.39, 0.29) is 12.4 Å². The number of rotatable bonds is 8. The van der Waals surface area contributed by atoms with E-state index >= 15 is 0 Å². The Bertz CT molecular complexity index is 349. The second-order valence-electron chi connectivity index (χ2n) is 3.70. The summed E-state index contributed by atoms with van der Waals surface area (Å²) in [5.74, 6) is 1.95. The number of nitrogens with one attached hydrogen (secondary N) is 1. The fourth-order valence-electron chi connectivity index (χ4n) is 1.64. The van der Waals surface area contributed by atoms with Gasteiger partial charge in [0.25, 0.3) is 0 Å². The Morgan fingerprint density at radius 2 is 1.53 bits per heavy atom. The van der Waals surface area contributed by atoms with E-state index in [2.05, 4.69) is 5.32 Å². The van der Waals surface area contributed by atoms with Gasteiger partial charge in [-0.25, -0.2) is 0 Å². The summed E-state index contributed by atoms with van der Waals surface area (Å²) < 4.78 is 20.8. The van der Waals surface area contributed by atoms with Crippen molar-refractivity contribution in [2.75, 3.05) is 41.6 Å². The Morgan fingerprint density at radius 3 is 1.95 bits per heavy atom. The van der Waals surface area contributed by atoms with E-state index < -0.39 is 0 Å². The van der Waals surface area contributed by atoms with E-state index in [1.807, 2.05) is 12.1 Å². The molecule has 0 saturated carbocycles. The SMILES string of the molecule is COCCNCc1cc(OC)c(OC)c(OC)c1.Cl. The van der Waals surface area contributed by atoms with Gasteiger partial charge in [-0.05, 0) is 17.7 Å². The molecular formula is C13H22ClNO4.